The molecule has 1 amide bonds. The van der Waals surface area contributed by atoms with Crippen molar-refractivity contribution in [3.05, 3.63) is 38.8 Å². The zero-order chi connectivity index (χ0) is 17.7. The fourth-order valence-corrected chi connectivity index (χ4v) is 3.93. The molecule has 0 fully saturated rings. The normalized spacial score (nSPS) is 10.5. The number of nitrogens with one attached hydrogen (secondary N) is 1. The number of carbonyl (C=O) groups excluding carboxylic acids is 2. The van der Waals surface area contributed by atoms with Gasteiger partial charge in [0, 0.05) is 21.7 Å². The van der Waals surface area contributed by atoms with Gasteiger partial charge in [-0.25, -0.2) is 4.98 Å². The van der Waals surface area contributed by atoms with Crippen LogP contribution in [0.15, 0.2) is 26.9 Å². The van der Waals surface area contributed by atoms with E-state index in [4.69, 9.17) is 4.74 Å². The van der Waals surface area contributed by atoms with Crippen molar-refractivity contribution in [3.8, 4) is 0 Å². The molecule has 128 valence electrons. The number of aromatic nitrogens is 1. The van der Waals surface area contributed by atoms with E-state index >= 15 is 0 Å². The molecule has 8 heteroatoms. The minimum Gasteiger partial charge on any atom is -0.459 e. The molecule has 5 nitrogen and oxygen atoms in total. The number of ether oxygens (including phenoxy) is 1. The number of benzene rings is 1. The predicted octanol–water partition coefficient (Wildman–Crippen LogP) is 4.32. The van der Waals surface area contributed by atoms with E-state index in [2.05, 4.69) is 32.3 Å². The maximum atomic E-state index is 11.9. The van der Waals surface area contributed by atoms with Crippen LogP contribution in [0.25, 0.3) is 0 Å². The lowest BCUT2D eigenvalue weighted by molar-refractivity contribution is -0.141. The number of halogens is 1. The zero-order valence-corrected chi connectivity index (χ0v) is 16.7. The lowest BCUT2D eigenvalue weighted by Crippen LogP contribution is -2.08. The highest BCUT2D eigenvalue weighted by molar-refractivity contribution is 9.10. The quantitative estimate of drug-likeness (QED) is 0.547. The van der Waals surface area contributed by atoms with Crippen LogP contribution in [0.2, 0.25) is 0 Å². The van der Waals surface area contributed by atoms with Crippen LogP contribution < -0.4 is 5.32 Å². The van der Waals surface area contributed by atoms with Crippen molar-refractivity contribution in [3.63, 3.8) is 0 Å². The maximum absolute atomic E-state index is 11.9. The fraction of sp³-hybridized carbons (Fsp3) is 0.312. The third-order valence-electron chi connectivity index (χ3n) is 3.02. The minimum absolute atomic E-state index is 0.105. The molecule has 24 heavy (non-hydrogen) atoms. The molecule has 0 unspecified atom stereocenters. The predicted molar refractivity (Wildman–Crippen MR) is 101 cm³/mol. The Labute approximate surface area is 157 Å². The average molecular weight is 429 g/mol. The van der Waals surface area contributed by atoms with Gasteiger partial charge in [-0.15, -0.1) is 23.1 Å². The standard InChI is InChI=1S/C16H17BrN2O3S2/c1-9-5-14(10(2)4-13(9)17)23-8-15(21)22-6-12-7-24-16(19-12)18-11(3)20/h4-5,7H,6,8H2,1-3H3,(H,18,19,20). The van der Waals surface area contributed by atoms with Crippen LogP contribution in [-0.4, -0.2) is 22.6 Å². The van der Waals surface area contributed by atoms with E-state index in [1.165, 1.54) is 30.0 Å². The second-order valence-corrected chi connectivity index (χ2v) is 7.87. The summed E-state index contributed by atoms with van der Waals surface area (Å²) in [7, 11) is 0. The molecule has 0 atom stereocenters. The Morgan fingerprint density at radius 2 is 2.08 bits per heavy atom. The molecule has 0 aliphatic carbocycles. The molecular weight excluding hydrogens is 412 g/mol. The highest BCUT2D eigenvalue weighted by Gasteiger charge is 2.10. The van der Waals surface area contributed by atoms with Crippen LogP contribution in [0.5, 0.6) is 0 Å². The molecule has 1 aromatic heterocycles. The van der Waals surface area contributed by atoms with Crippen molar-refractivity contribution >= 4 is 56.0 Å². The summed E-state index contributed by atoms with van der Waals surface area (Å²) in [6, 6.07) is 4.10. The molecule has 0 spiro atoms. The van der Waals surface area contributed by atoms with Crippen LogP contribution in [0.4, 0.5) is 5.13 Å². The lowest BCUT2D eigenvalue weighted by atomic mass is 10.2. The lowest BCUT2D eigenvalue weighted by Gasteiger charge is -2.08. The number of rotatable bonds is 6. The third-order valence-corrected chi connectivity index (χ3v) is 5.81. The van der Waals surface area contributed by atoms with Crippen molar-refractivity contribution in [1.82, 2.24) is 4.98 Å². The van der Waals surface area contributed by atoms with Crippen molar-refractivity contribution < 1.29 is 14.3 Å². The Bertz CT molecular complexity index is 762. The number of aryl methyl sites for hydroxylation is 2. The minimum atomic E-state index is -0.297. The summed E-state index contributed by atoms with van der Waals surface area (Å²) in [5.41, 5.74) is 2.87. The number of anilines is 1. The number of thiazole rings is 1. The Hall–Kier alpha value is -1.38. The van der Waals surface area contributed by atoms with Crippen molar-refractivity contribution in [2.24, 2.45) is 0 Å². The average Bonchev–Trinajstić information content (AvgIpc) is 2.94. The van der Waals surface area contributed by atoms with E-state index in [0.29, 0.717) is 10.8 Å². The summed E-state index contributed by atoms with van der Waals surface area (Å²) in [6.45, 7) is 5.55. The number of thioether (sulfide) groups is 1. The molecule has 1 N–H and O–H groups in total. The van der Waals surface area contributed by atoms with Crippen molar-refractivity contribution in [2.45, 2.75) is 32.3 Å². The van der Waals surface area contributed by atoms with Crippen molar-refractivity contribution in [1.29, 1.82) is 0 Å². The Morgan fingerprint density at radius 3 is 2.79 bits per heavy atom. The molecule has 1 heterocycles. The second kappa shape index (κ2) is 8.64. The Morgan fingerprint density at radius 1 is 1.33 bits per heavy atom. The fourth-order valence-electron chi connectivity index (χ4n) is 1.82. The van der Waals surface area contributed by atoms with E-state index in [1.807, 2.05) is 19.9 Å². The molecule has 0 bridgehead atoms. The van der Waals surface area contributed by atoms with Gasteiger partial charge in [0.2, 0.25) is 5.91 Å². The molecule has 1 aromatic carbocycles. The summed E-state index contributed by atoms with van der Waals surface area (Å²) in [5, 5.41) is 4.86. The molecule has 0 radical (unpaired) electrons. The van der Waals surface area contributed by atoms with E-state index in [-0.39, 0.29) is 24.2 Å². The molecule has 0 saturated heterocycles. The van der Waals surface area contributed by atoms with Crippen molar-refractivity contribution in [2.75, 3.05) is 11.1 Å². The highest BCUT2D eigenvalue weighted by Crippen LogP contribution is 2.28. The monoisotopic (exact) mass is 428 g/mol. The van der Waals surface area contributed by atoms with Gasteiger partial charge in [-0.2, -0.15) is 0 Å². The summed E-state index contributed by atoms with van der Waals surface area (Å²) >= 11 is 6.25. The molecule has 2 aromatic rings. The van der Waals surface area contributed by atoms with Gasteiger partial charge in [-0.3, -0.25) is 9.59 Å². The van der Waals surface area contributed by atoms with Crippen LogP contribution in [0.1, 0.15) is 23.7 Å². The Balaban J connectivity index is 1.82. The van der Waals surface area contributed by atoms with Gasteiger partial charge < -0.3 is 10.1 Å². The summed E-state index contributed by atoms with van der Waals surface area (Å²) in [6.07, 6.45) is 0. The largest absolute Gasteiger partial charge is 0.459 e. The van der Waals surface area contributed by atoms with E-state index in [0.717, 1.165) is 20.5 Å². The first-order valence-corrected chi connectivity index (χ1v) is 9.78. The van der Waals surface area contributed by atoms with Gasteiger partial charge in [0.15, 0.2) is 5.13 Å². The SMILES string of the molecule is CC(=O)Nc1nc(COC(=O)CSc2cc(C)c(Br)cc2C)cs1. The number of esters is 1. The second-order valence-electron chi connectivity index (χ2n) is 5.14. The smallest absolute Gasteiger partial charge is 0.316 e. The van der Waals surface area contributed by atoms with Crippen LogP contribution in [0, 0.1) is 13.8 Å². The van der Waals surface area contributed by atoms with Crippen LogP contribution in [-0.2, 0) is 20.9 Å². The first-order valence-electron chi connectivity index (χ1n) is 7.12. The number of carbonyl (C=O) groups is 2. The number of hydrogen-bond acceptors (Lipinski definition) is 6. The number of hydrogen-bond donors (Lipinski definition) is 1. The molecule has 0 aliphatic rings. The number of nitrogens with zero attached hydrogens (tertiary/aromatic N) is 1. The van der Waals surface area contributed by atoms with Gasteiger partial charge in [-0.1, -0.05) is 15.9 Å². The summed E-state index contributed by atoms with van der Waals surface area (Å²) in [5.74, 6) is -0.233. The highest BCUT2D eigenvalue weighted by atomic mass is 79.9. The first kappa shape index (κ1) is 19.0. The van der Waals surface area contributed by atoms with Gasteiger partial charge in [-0.05, 0) is 37.1 Å². The van der Waals surface area contributed by atoms with Gasteiger partial charge in [0.1, 0.15) is 6.61 Å². The first-order chi connectivity index (χ1) is 11.3. The summed E-state index contributed by atoms with van der Waals surface area (Å²) < 4.78 is 6.28. The maximum Gasteiger partial charge on any atom is 0.316 e. The van der Waals surface area contributed by atoms with E-state index < -0.39 is 0 Å². The van der Waals surface area contributed by atoms with Gasteiger partial charge in [0.05, 0.1) is 11.4 Å². The molecular formula is C16H17BrN2O3S2. The van der Waals surface area contributed by atoms with E-state index in [9.17, 15) is 9.59 Å². The number of amides is 1. The summed E-state index contributed by atoms with van der Waals surface area (Å²) in [4.78, 5) is 28.1. The van der Waals surface area contributed by atoms with Gasteiger partial charge in [0.25, 0.3) is 0 Å². The topological polar surface area (TPSA) is 68.3 Å². The van der Waals surface area contributed by atoms with E-state index in [1.54, 1.807) is 5.38 Å². The molecule has 0 saturated carbocycles. The third kappa shape index (κ3) is 5.61. The molecule has 0 aliphatic heterocycles. The van der Waals surface area contributed by atoms with Crippen LogP contribution >= 0.6 is 39.0 Å². The molecule has 2 rings (SSSR count). The van der Waals surface area contributed by atoms with Crippen LogP contribution in [0.3, 0.4) is 0 Å². The Kier molecular flexibility index (Phi) is 6.82. The van der Waals surface area contributed by atoms with Gasteiger partial charge >= 0.3 is 5.97 Å². The zero-order valence-electron chi connectivity index (χ0n) is 13.5.